The van der Waals surface area contributed by atoms with Gasteiger partial charge in [-0.25, -0.2) is 0 Å². The smallest absolute Gasteiger partial charge is 0.318 e. The molecule has 0 radical (unpaired) electrons. The maximum atomic E-state index is 5.59. The third-order valence-electron chi connectivity index (χ3n) is 3.11. The first kappa shape index (κ1) is 14.3. The van der Waals surface area contributed by atoms with E-state index in [0.717, 1.165) is 32.0 Å². The zero-order chi connectivity index (χ0) is 13.5. The molecule has 0 aliphatic heterocycles. The maximum absolute atomic E-state index is 5.59. The molecule has 1 saturated carbocycles. The summed E-state index contributed by atoms with van der Waals surface area (Å²) in [6.07, 6.45) is 3.75. The Hall–Kier alpha value is -1.14. The SMILES string of the molecule is CCCNCc1nnc(N(C)CCOCC2CC2)o1. The monoisotopic (exact) mass is 268 g/mol. The largest absolute Gasteiger partial charge is 0.407 e. The Morgan fingerprint density at radius 3 is 3.00 bits per heavy atom. The number of ether oxygens (including phenoxy) is 1. The summed E-state index contributed by atoms with van der Waals surface area (Å²) in [4.78, 5) is 1.93. The highest BCUT2D eigenvalue weighted by Crippen LogP contribution is 2.28. The minimum Gasteiger partial charge on any atom is -0.407 e. The van der Waals surface area contributed by atoms with Crippen molar-refractivity contribution < 1.29 is 9.15 Å². The van der Waals surface area contributed by atoms with Crippen molar-refractivity contribution in [3.63, 3.8) is 0 Å². The molecule has 1 aliphatic rings. The Morgan fingerprint density at radius 1 is 1.42 bits per heavy atom. The molecule has 0 spiro atoms. The van der Waals surface area contributed by atoms with E-state index in [0.29, 0.717) is 25.1 Å². The summed E-state index contributed by atoms with van der Waals surface area (Å²) in [5, 5.41) is 11.3. The molecule has 1 heterocycles. The van der Waals surface area contributed by atoms with Gasteiger partial charge in [0.2, 0.25) is 5.89 Å². The number of aromatic nitrogens is 2. The van der Waals surface area contributed by atoms with Crippen molar-refractivity contribution in [2.45, 2.75) is 32.7 Å². The maximum Gasteiger partial charge on any atom is 0.318 e. The molecule has 2 rings (SSSR count). The molecule has 6 heteroatoms. The minimum atomic E-state index is 0.559. The number of anilines is 1. The fraction of sp³-hybridized carbons (Fsp3) is 0.846. The van der Waals surface area contributed by atoms with Gasteiger partial charge in [0.25, 0.3) is 0 Å². The molecule has 1 aromatic rings. The number of hydrogen-bond acceptors (Lipinski definition) is 6. The first-order valence-corrected chi connectivity index (χ1v) is 7.11. The van der Waals surface area contributed by atoms with Crippen LogP contribution in [0.25, 0.3) is 0 Å². The summed E-state index contributed by atoms with van der Waals surface area (Å²) >= 11 is 0. The van der Waals surface area contributed by atoms with Gasteiger partial charge < -0.3 is 19.4 Å². The first-order chi connectivity index (χ1) is 9.29. The van der Waals surface area contributed by atoms with E-state index in [9.17, 15) is 0 Å². The summed E-state index contributed by atoms with van der Waals surface area (Å²) < 4.78 is 11.2. The topological polar surface area (TPSA) is 63.4 Å². The number of rotatable bonds is 10. The molecular weight excluding hydrogens is 244 g/mol. The van der Waals surface area contributed by atoms with E-state index in [-0.39, 0.29) is 0 Å². The number of likely N-dealkylation sites (N-methyl/N-ethyl adjacent to an activating group) is 1. The second kappa shape index (κ2) is 7.45. The highest BCUT2D eigenvalue weighted by Gasteiger charge is 2.21. The van der Waals surface area contributed by atoms with Crippen molar-refractivity contribution in [1.29, 1.82) is 0 Å². The third-order valence-corrected chi connectivity index (χ3v) is 3.11. The Balaban J connectivity index is 1.64. The van der Waals surface area contributed by atoms with E-state index in [1.54, 1.807) is 0 Å². The van der Waals surface area contributed by atoms with Crippen molar-refractivity contribution in [1.82, 2.24) is 15.5 Å². The van der Waals surface area contributed by atoms with E-state index in [1.165, 1.54) is 12.8 Å². The van der Waals surface area contributed by atoms with Crippen LogP contribution >= 0.6 is 0 Å². The lowest BCUT2D eigenvalue weighted by molar-refractivity contribution is 0.130. The van der Waals surface area contributed by atoms with Crippen LogP contribution in [0.2, 0.25) is 0 Å². The van der Waals surface area contributed by atoms with Gasteiger partial charge in [-0.2, -0.15) is 0 Å². The van der Waals surface area contributed by atoms with Crippen LogP contribution < -0.4 is 10.2 Å². The van der Waals surface area contributed by atoms with E-state index >= 15 is 0 Å². The zero-order valence-corrected chi connectivity index (χ0v) is 11.9. The summed E-state index contributed by atoms with van der Waals surface area (Å²) in [5.74, 6) is 1.44. The van der Waals surface area contributed by atoms with Crippen LogP contribution in [0.5, 0.6) is 0 Å². The van der Waals surface area contributed by atoms with Gasteiger partial charge in [-0.1, -0.05) is 12.0 Å². The number of nitrogens with zero attached hydrogens (tertiary/aromatic N) is 3. The van der Waals surface area contributed by atoms with Crippen LogP contribution in [0.3, 0.4) is 0 Å². The fourth-order valence-electron chi connectivity index (χ4n) is 1.67. The quantitative estimate of drug-likeness (QED) is 0.648. The van der Waals surface area contributed by atoms with Gasteiger partial charge in [-0.3, -0.25) is 0 Å². The van der Waals surface area contributed by atoms with Gasteiger partial charge in [0, 0.05) is 20.2 Å². The average molecular weight is 268 g/mol. The van der Waals surface area contributed by atoms with Crippen LogP contribution in [0.1, 0.15) is 32.1 Å². The average Bonchev–Trinajstić information content (AvgIpc) is 3.12. The lowest BCUT2D eigenvalue weighted by atomic mass is 10.5. The Morgan fingerprint density at radius 2 is 2.26 bits per heavy atom. The number of hydrogen-bond donors (Lipinski definition) is 1. The van der Waals surface area contributed by atoms with Crippen molar-refractivity contribution in [3.05, 3.63) is 5.89 Å². The molecule has 1 aliphatic carbocycles. The van der Waals surface area contributed by atoms with Crippen LogP contribution in [-0.4, -0.2) is 43.5 Å². The molecule has 0 saturated heterocycles. The predicted octanol–water partition coefficient (Wildman–Crippen LogP) is 1.43. The fourth-order valence-corrected chi connectivity index (χ4v) is 1.67. The van der Waals surface area contributed by atoms with Crippen molar-refractivity contribution >= 4 is 6.01 Å². The molecule has 0 atom stereocenters. The van der Waals surface area contributed by atoms with Gasteiger partial charge in [-0.05, 0) is 31.7 Å². The highest BCUT2D eigenvalue weighted by molar-refractivity contribution is 5.21. The van der Waals surface area contributed by atoms with Gasteiger partial charge in [0.15, 0.2) is 0 Å². The minimum absolute atomic E-state index is 0.559. The van der Waals surface area contributed by atoms with Gasteiger partial charge in [0.1, 0.15) is 0 Å². The van der Waals surface area contributed by atoms with E-state index in [4.69, 9.17) is 9.15 Å². The van der Waals surface area contributed by atoms with E-state index in [2.05, 4.69) is 22.4 Å². The Kier molecular flexibility index (Phi) is 5.60. The van der Waals surface area contributed by atoms with Gasteiger partial charge in [-0.15, -0.1) is 5.10 Å². The lowest BCUT2D eigenvalue weighted by Crippen LogP contribution is -2.23. The van der Waals surface area contributed by atoms with Crippen LogP contribution in [-0.2, 0) is 11.3 Å². The molecule has 1 fully saturated rings. The molecule has 19 heavy (non-hydrogen) atoms. The highest BCUT2D eigenvalue weighted by atomic mass is 16.5. The second-order valence-electron chi connectivity index (χ2n) is 5.09. The van der Waals surface area contributed by atoms with Crippen molar-refractivity contribution in [3.8, 4) is 0 Å². The van der Waals surface area contributed by atoms with Gasteiger partial charge >= 0.3 is 6.01 Å². The molecule has 0 aromatic carbocycles. The summed E-state index contributed by atoms with van der Waals surface area (Å²) in [7, 11) is 1.94. The predicted molar refractivity (Wildman–Crippen MR) is 73.1 cm³/mol. The third kappa shape index (κ3) is 5.16. The second-order valence-corrected chi connectivity index (χ2v) is 5.09. The van der Waals surface area contributed by atoms with Crippen LogP contribution in [0, 0.1) is 5.92 Å². The molecule has 0 unspecified atom stereocenters. The van der Waals surface area contributed by atoms with Crippen LogP contribution in [0.15, 0.2) is 4.42 Å². The van der Waals surface area contributed by atoms with Crippen molar-refractivity contribution in [2.24, 2.45) is 5.92 Å². The normalized spacial score (nSPS) is 14.8. The lowest BCUT2D eigenvalue weighted by Gasteiger charge is -2.13. The summed E-state index contributed by atoms with van der Waals surface area (Å²) in [6, 6.07) is 0.559. The molecule has 1 N–H and O–H groups in total. The Labute approximate surface area is 114 Å². The molecule has 6 nitrogen and oxygen atoms in total. The molecular formula is C13H24N4O2. The molecule has 1 aromatic heterocycles. The Bertz CT molecular complexity index is 365. The van der Waals surface area contributed by atoms with Crippen molar-refractivity contribution in [2.75, 3.05) is 38.3 Å². The molecule has 108 valence electrons. The number of nitrogens with one attached hydrogen (secondary N) is 1. The van der Waals surface area contributed by atoms with E-state index < -0.39 is 0 Å². The van der Waals surface area contributed by atoms with Gasteiger partial charge in [0.05, 0.1) is 13.2 Å². The summed E-state index contributed by atoms with van der Waals surface area (Å²) in [5.41, 5.74) is 0. The molecule has 0 bridgehead atoms. The van der Waals surface area contributed by atoms with Crippen LogP contribution in [0.4, 0.5) is 6.01 Å². The first-order valence-electron chi connectivity index (χ1n) is 7.11. The summed E-state index contributed by atoms with van der Waals surface area (Å²) in [6.45, 7) is 6.09. The standard InChI is InChI=1S/C13H24N4O2/c1-3-6-14-9-12-15-16-13(19-12)17(2)7-8-18-10-11-4-5-11/h11,14H,3-10H2,1-2H3. The zero-order valence-electron chi connectivity index (χ0n) is 11.9. The molecule has 0 amide bonds. The van der Waals surface area contributed by atoms with E-state index in [1.807, 2.05) is 11.9 Å².